The zero-order valence-corrected chi connectivity index (χ0v) is 27.6. The van der Waals surface area contributed by atoms with Crippen molar-refractivity contribution in [3.63, 3.8) is 0 Å². The first-order chi connectivity index (χ1) is 21.7. The lowest BCUT2D eigenvalue weighted by atomic mass is 9.88. The van der Waals surface area contributed by atoms with Crippen LogP contribution in [0.25, 0.3) is 11.0 Å². The summed E-state index contributed by atoms with van der Waals surface area (Å²) in [5.74, 6) is 1.67. The van der Waals surface area contributed by atoms with Crippen LogP contribution in [0.3, 0.4) is 0 Å². The number of unbranched alkanes of at least 4 members (excludes halogenated alkanes) is 2. The average Bonchev–Trinajstić information content (AvgIpc) is 3.44. The van der Waals surface area contributed by atoms with Gasteiger partial charge in [0.1, 0.15) is 17.5 Å². The number of ketones is 1. The maximum Gasteiger partial charge on any atom is 0.270 e. The van der Waals surface area contributed by atoms with E-state index < -0.39 is 41.6 Å². The normalized spacial score (nSPS) is 23.9. The van der Waals surface area contributed by atoms with Crippen LogP contribution < -0.4 is 16.0 Å². The lowest BCUT2D eigenvalue weighted by Gasteiger charge is -2.32. The number of ether oxygens (including phenoxy) is 1. The Bertz CT molecular complexity index is 1390. The molecule has 1 aliphatic heterocycles. The number of benzene rings is 1. The quantitative estimate of drug-likeness (QED) is 0.250. The Morgan fingerprint density at radius 3 is 2.43 bits per heavy atom. The van der Waals surface area contributed by atoms with E-state index >= 15 is 0 Å². The topological polar surface area (TPSA) is 156 Å². The molecule has 10 nitrogen and oxygen atoms in total. The lowest BCUT2D eigenvalue weighted by Crippen LogP contribution is -2.50. The Balaban J connectivity index is 0.000000237. The van der Waals surface area contributed by atoms with E-state index in [-0.39, 0.29) is 24.9 Å². The molecule has 0 bridgehead atoms. The zero-order chi connectivity index (χ0) is 34.2. The predicted octanol–water partition coefficient (Wildman–Crippen LogP) is 4.65. The van der Waals surface area contributed by atoms with Crippen molar-refractivity contribution in [2.75, 3.05) is 13.7 Å². The second-order valence-corrected chi connectivity index (χ2v) is 13.8. The van der Waals surface area contributed by atoms with Crippen molar-refractivity contribution in [3.05, 3.63) is 34.2 Å². The first-order valence-corrected chi connectivity index (χ1v) is 16.2. The molecule has 2 heterocycles. The van der Waals surface area contributed by atoms with Crippen LogP contribution in [0.2, 0.25) is 0 Å². The molecule has 1 aromatic carbocycles. The molecule has 256 valence electrons. The van der Waals surface area contributed by atoms with Crippen molar-refractivity contribution in [1.29, 1.82) is 0 Å². The van der Waals surface area contributed by atoms with Gasteiger partial charge in [-0.05, 0) is 80.8 Å². The molecule has 12 heteroatoms. The van der Waals surface area contributed by atoms with Crippen LogP contribution in [-0.2, 0) is 20.8 Å². The summed E-state index contributed by atoms with van der Waals surface area (Å²) in [4.78, 5) is 53.1. The fourth-order valence-corrected chi connectivity index (χ4v) is 6.83. The number of amides is 2. The van der Waals surface area contributed by atoms with Crippen LogP contribution in [0.1, 0.15) is 84.8 Å². The molecule has 5 unspecified atom stereocenters. The highest BCUT2D eigenvalue weighted by Gasteiger charge is 2.48. The highest BCUT2D eigenvalue weighted by Crippen LogP contribution is 2.56. The molecule has 3 aliphatic rings. The number of fused-ring (bicyclic) bond motifs is 2. The number of rotatable bonds is 10. The number of aliphatic hydroxyl groups is 1. The SMILES string of the molecule is CC(=O)C1C(C(F)F)CCN1C(=O)[C@@H](O)C(C)(C)C.COc1ccc2nc(CCCCCC3CCC4CC34)c(=O)[nH]c2c1.NC=O. The molecule has 2 aliphatic carbocycles. The van der Waals surface area contributed by atoms with Crippen molar-refractivity contribution in [1.82, 2.24) is 14.9 Å². The van der Waals surface area contributed by atoms with E-state index in [1.165, 1.54) is 45.4 Å². The van der Waals surface area contributed by atoms with E-state index in [0.29, 0.717) is 5.69 Å². The van der Waals surface area contributed by atoms with Crippen molar-refractivity contribution in [2.45, 2.75) is 104 Å². The van der Waals surface area contributed by atoms with E-state index in [9.17, 15) is 28.3 Å². The standard InChI is InChI=1S/C20H26N2O2.C13H21F2NO3.CH3NO/c1-24-15-9-10-17-19(12-15)22-20(23)18(21-17)6-4-2-3-5-13-7-8-14-11-16(13)14;1-7(17)9-8(11(14)15)5-6-16(9)12(19)10(18)13(2,3)4;2-1-3/h9-10,12-14,16H,2-8,11H2,1H3,(H,22,23);8-11,18H,5-6H2,1-4H3;1H,(H2,2,3)/t;8?,9?,10-;/m.1./s1. The second-order valence-electron chi connectivity index (χ2n) is 13.8. The van der Waals surface area contributed by atoms with Gasteiger partial charge < -0.3 is 25.5 Å². The number of methoxy groups -OCH3 is 1. The highest BCUT2D eigenvalue weighted by atomic mass is 19.3. The number of H-pyrrole nitrogens is 1. The zero-order valence-electron chi connectivity index (χ0n) is 27.6. The summed E-state index contributed by atoms with van der Waals surface area (Å²) >= 11 is 0. The number of halogens is 2. The molecule has 46 heavy (non-hydrogen) atoms. The second kappa shape index (κ2) is 16.4. The third-order valence-electron chi connectivity index (χ3n) is 9.47. The molecule has 0 radical (unpaired) electrons. The molecule has 2 amide bonds. The number of hydrogen-bond acceptors (Lipinski definition) is 7. The number of likely N-dealkylation sites (tertiary alicyclic amines) is 1. The summed E-state index contributed by atoms with van der Waals surface area (Å²) in [6.07, 6.45) is 6.57. The van der Waals surface area contributed by atoms with E-state index in [0.717, 1.165) is 52.3 Å². The predicted molar refractivity (Wildman–Crippen MR) is 171 cm³/mol. The number of aromatic amines is 1. The molecule has 2 aromatic rings. The number of primary amides is 1. The number of carbonyl (C=O) groups is 3. The number of aromatic nitrogens is 2. The first kappa shape index (κ1) is 37.1. The van der Waals surface area contributed by atoms with Crippen LogP contribution in [0.15, 0.2) is 23.0 Å². The summed E-state index contributed by atoms with van der Waals surface area (Å²) < 4.78 is 30.9. The molecular formula is C34H50F2N4O6. The van der Waals surface area contributed by atoms with Gasteiger partial charge in [-0.3, -0.25) is 19.2 Å². The summed E-state index contributed by atoms with van der Waals surface area (Å²) in [7, 11) is 1.62. The molecular weight excluding hydrogens is 598 g/mol. The van der Waals surface area contributed by atoms with Crippen LogP contribution >= 0.6 is 0 Å². The molecule has 1 aromatic heterocycles. The fourth-order valence-electron chi connectivity index (χ4n) is 6.83. The van der Waals surface area contributed by atoms with Crippen molar-refractivity contribution < 1.29 is 33.0 Å². The Kier molecular flexibility index (Phi) is 13.2. The Labute approximate surface area is 269 Å². The average molecular weight is 649 g/mol. The maximum absolute atomic E-state index is 12.9. The minimum atomic E-state index is -2.64. The molecule has 0 spiro atoms. The molecule has 2 saturated carbocycles. The van der Waals surface area contributed by atoms with Gasteiger partial charge in [-0.1, -0.05) is 40.0 Å². The number of Topliss-reactive ketones (excluding diaryl/α,β-unsaturated/α-hetero) is 1. The summed E-state index contributed by atoms with van der Waals surface area (Å²) in [6.45, 7) is 6.33. The van der Waals surface area contributed by atoms with Crippen molar-refractivity contribution in [2.24, 2.45) is 34.8 Å². The van der Waals surface area contributed by atoms with Crippen LogP contribution in [0.4, 0.5) is 8.78 Å². The van der Waals surface area contributed by atoms with Gasteiger partial charge in [-0.2, -0.15) is 0 Å². The Morgan fingerprint density at radius 1 is 1.20 bits per heavy atom. The monoisotopic (exact) mass is 648 g/mol. The smallest absolute Gasteiger partial charge is 0.270 e. The Morgan fingerprint density at radius 2 is 1.89 bits per heavy atom. The number of nitrogens with two attached hydrogens (primary N) is 1. The van der Waals surface area contributed by atoms with Crippen molar-refractivity contribution >= 4 is 29.1 Å². The first-order valence-electron chi connectivity index (χ1n) is 16.2. The third kappa shape index (κ3) is 9.56. The highest BCUT2D eigenvalue weighted by molar-refractivity contribution is 5.90. The number of nitrogens with one attached hydrogen (secondary N) is 1. The minimum Gasteiger partial charge on any atom is -0.497 e. The van der Waals surface area contributed by atoms with E-state index in [1.54, 1.807) is 27.9 Å². The number of carbonyl (C=O) groups excluding carboxylic acids is 3. The van der Waals surface area contributed by atoms with Gasteiger partial charge >= 0.3 is 0 Å². The van der Waals surface area contributed by atoms with Crippen LogP contribution in [-0.4, -0.2) is 70.3 Å². The van der Waals surface area contributed by atoms with Crippen LogP contribution in [0, 0.1) is 29.1 Å². The molecule has 4 N–H and O–H groups in total. The Hall–Kier alpha value is -3.41. The van der Waals surface area contributed by atoms with Gasteiger partial charge in [-0.15, -0.1) is 0 Å². The van der Waals surface area contributed by atoms with E-state index in [2.05, 4.69) is 15.7 Å². The third-order valence-corrected chi connectivity index (χ3v) is 9.47. The van der Waals surface area contributed by atoms with Gasteiger partial charge in [0.15, 0.2) is 5.78 Å². The minimum absolute atomic E-state index is 0.0626. The van der Waals surface area contributed by atoms with E-state index in [1.807, 2.05) is 18.2 Å². The number of nitrogens with zero attached hydrogens (tertiary/aromatic N) is 2. The van der Waals surface area contributed by atoms with Gasteiger partial charge in [0.25, 0.3) is 11.5 Å². The van der Waals surface area contributed by atoms with E-state index in [4.69, 9.17) is 9.53 Å². The summed E-state index contributed by atoms with van der Waals surface area (Å²) in [5, 5.41) is 9.95. The largest absolute Gasteiger partial charge is 0.497 e. The fraction of sp³-hybridized carbons (Fsp3) is 0.676. The summed E-state index contributed by atoms with van der Waals surface area (Å²) in [6, 6.07) is 4.48. The number of alkyl halides is 2. The number of aliphatic hydroxyl groups excluding tert-OH is 1. The molecule has 6 atom stereocenters. The van der Waals surface area contributed by atoms with Gasteiger partial charge in [0, 0.05) is 18.5 Å². The lowest BCUT2D eigenvalue weighted by molar-refractivity contribution is -0.150. The molecule has 1 saturated heterocycles. The van der Waals surface area contributed by atoms with Gasteiger partial charge in [0.2, 0.25) is 12.8 Å². The van der Waals surface area contributed by atoms with Crippen molar-refractivity contribution in [3.8, 4) is 5.75 Å². The number of hydrogen-bond donors (Lipinski definition) is 3. The molecule has 5 rings (SSSR count). The van der Waals surface area contributed by atoms with Gasteiger partial charge in [-0.25, -0.2) is 13.8 Å². The summed E-state index contributed by atoms with van der Waals surface area (Å²) in [5.41, 5.74) is 5.64. The molecule has 3 fully saturated rings. The number of aryl methyl sites for hydroxylation is 1. The van der Waals surface area contributed by atoms with Crippen LogP contribution in [0.5, 0.6) is 5.75 Å². The van der Waals surface area contributed by atoms with Gasteiger partial charge in [0.05, 0.1) is 24.2 Å². The maximum atomic E-state index is 12.9.